The van der Waals surface area contributed by atoms with Gasteiger partial charge in [-0.3, -0.25) is 9.59 Å². The van der Waals surface area contributed by atoms with Crippen LogP contribution in [0.25, 0.3) is 0 Å². The first-order chi connectivity index (χ1) is 31.6. The van der Waals surface area contributed by atoms with Crippen LogP contribution in [0.4, 0.5) is 0 Å². The summed E-state index contributed by atoms with van der Waals surface area (Å²) in [6.45, 7) is 4.16. The number of hydrogen-bond acceptors (Lipinski definition) is 5. The summed E-state index contributed by atoms with van der Waals surface area (Å²) >= 11 is 0. The average molecular weight is 900 g/mol. The highest BCUT2D eigenvalue weighted by molar-refractivity contribution is 5.70. The molecule has 0 heterocycles. The van der Waals surface area contributed by atoms with Crippen LogP contribution in [-0.2, 0) is 19.1 Å². The first-order valence-electron chi connectivity index (χ1n) is 28.5. The molecule has 0 bridgehead atoms. The summed E-state index contributed by atoms with van der Waals surface area (Å²) in [7, 11) is 0. The molecule has 1 N–H and O–H groups in total. The van der Waals surface area contributed by atoms with Gasteiger partial charge in [-0.15, -0.1) is 0 Å². The Morgan fingerprint density at radius 2 is 0.625 bits per heavy atom. The zero-order valence-corrected chi connectivity index (χ0v) is 43.1. The van der Waals surface area contributed by atoms with Crippen molar-refractivity contribution in [1.29, 1.82) is 0 Å². The molecule has 0 radical (unpaired) electrons. The van der Waals surface area contributed by atoms with E-state index < -0.39 is 6.10 Å². The molecule has 0 aliphatic carbocycles. The zero-order valence-electron chi connectivity index (χ0n) is 43.1. The predicted octanol–water partition coefficient (Wildman–Crippen LogP) is 19.1. The molecule has 0 aliphatic rings. The largest absolute Gasteiger partial charge is 0.462 e. The Balaban J connectivity index is 3.44. The summed E-state index contributed by atoms with van der Waals surface area (Å²) in [6, 6.07) is 0. The fourth-order valence-electron chi connectivity index (χ4n) is 8.62. The average Bonchev–Trinajstić information content (AvgIpc) is 3.30. The summed E-state index contributed by atoms with van der Waals surface area (Å²) in [5, 5.41) is 9.64. The molecule has 0 spiro atoms. The van der Waals surface area contributed by atoms with E-state index in [9.17, 15) is 14.7 Å². The van der Waals surface area contributed by atoms with Crippen molar-refractivity contribution >= 4 is 11.9 Å². The Morgan fingerprint density at radius 1 is 0.359 bits per heavy atom. The van der Waals surface area contributed by atoms with Crippen LogP contribution >= 0.6 is 0 Å². The number of hydrogen-bond donors (Lipinski definition) is 1. The molecular weight excluding hydrogens is 789 g/mol. The number of rotatable bonds is 53. The number of carbonyl (C=O) groups excluding carboxylic acids is 2. The number of aliphatic hydroxyl groups excluding tert-OH is 1. The smallest absolute Gasteiger partial charge is 0.306 e. The van der Waals surface area contributed by atoms with Gasteiger partial charge in [-0.1, -0.05) is 281 Å². The first kappa shape index (κ1) is 62.1. The number of aliphatic hydroxyl groups is 1. The van der Waals surface area contributed by atoms with Gasteiger partial charge in [0.05, 0.1) is 6.61 Å². The van der Waals surface area contributed by atoms with Gasteiger partial charge in [0.1, 0.15) is 6.61 Å². The number of unbranched alkanes of at least 4 members (excludes halogenated alkanes) is 39. The highest BCUT2D eigenvalue weighted by atomic mass is 16.6. The zero-order chi connectivity index (χ0) is 46.3. The molecular formula is C59H110O5. The number of ether oxygens (including phenoxy) is 2. The maximum Gasteiger partial charge on any atom is 0.306 e. The lowest BCUT2D eigenvalue weighted by Gasteiger charge is -2.15. The maximum absolute atomic E-state index is 12.3. The van der Waals surface area contributed by atoms with Crippen molar-refractivity contribution < 1.29 is 24.2 Å². The van der Waals surface area contributed by atoms with Crippen LogP contribution in [0.5, 0.6) is 0 Å². The molecule has 0 aromatic carbocycles. The summed E-state index contributed by atoms with van der Waals surface area (Å²) < 4.78 is 10.7. The molecule has 0 aliphatic heterocycles. The van der Waals surface area contributed by atoms with E-state index in [1.165, 1.54) is 225 Å². The second-order valence-corrected chi connectivity index (χ2v) is 19.4. The van der Waals surface area contributed by atoms with Crippen molar-refractivity contribution in [2.45, 2.75) is 315 Å². The van der Waals surface area contributed by atoms with Gasteiger partial charge in [-0.25, -0.2) is 0 Å². The van der Waals surface area contributed by atoms with Crippen LogP contribution in [0.1, 0.15) is 309 Å². The van der Waals surface area contributed by atoms with Gasteiger partial charge in [0.2, 0.25) is 0 Å². The normalized spacial score (nSPS) is 12.4. The van der Waals surface area contributed by atoms with Crippen molar-refractivity contribution in [2.24, 2.45) is 0 Å². The molecule has 0 saturated heterocycles. The Morgan fingerprint density at radius 3 is 0.938 bits per heavy atom. The molecule has 5 nitrogen and oxygen atoms in total. The van der Waals surface area contributed by atoms with Crippen molar-refractivity contribution in [3.8, 4) is 0 Å². The quantitative estimate of drug-likeness (QED) is 0.0374. The van der Waals surface area contributed by atoms with Crippen molar-refractivity contribution in [2.75, 3.05) is 13.2 Å². The Labute approximate surface area is 399 Å². The third-order valence-electron chi connectivity index (χ3n) is 12.9. The molecule has 0 amide bonds. The number of esters is 2. The van der Waals surface area contributed by atoms with Crippen molar-refractivity contribution in [1.82, 2.24) is 0 Å². The minimum Gasteiger partial charge on any atom is -0.462 e. The van der Waals surface area contributed by atoms with E-state index in [1.807, 2.05) is 0 Å². The standard InChI is InChI=1S/C59H110O5/c1-3-5-7-9-11-13-15-17-19-21-23-25-26-27-28-29-30-31-32-34-35-37-39-41-43-45-47-49-51-53-58(61)63-56-57(55-60)64-59(62)54-52-50-48-46-44-42-40-38-36-33-24-22-20-18-16-14-12-10-8-6-4-2/h16,18,22,24,36,38,57,60H,3-15,17,19-21,23,25-35,37,39-56H2,1-2H3/b18-16-,24-22-,38-36-. The molecule has 376 valence electrons. The SMILES string of the molecule is CCCCCCC/C=C\C/C=C\C/C=C\CCCCCCCCC(=O)OC(CO)COC(=O)CCCCCCCCCCCCCCCCCCCCCCCCCCCCCCC. The van der Waals surface area contributed by atoms with Gasteiger partial charge in [-0.05, 0) is 51.4 Å². The van der Waals surface area contributed by atoms with E-state index in [1.54, 1.807) is 0 Å². The molecule has 0 rings (SSSR count). The summed E-state index contributed by atoms with van der Waals surface area (Å²) in [6.07, 6.45) is 71.2. The minimum absolute atomic E-state index is 0.0674. The lowest BCUT2D eigenvalue weighted by molar-refractivity contribution is -0.161. The lowest BCUT2D eigenvalue weighted by Crippen LogP contribution is -2.28. The Kier molecular flexibility index (Phi) is 53.8. The monoisotopic (exact) mass is 899 g/mol. The Hall–Kier alpha value is -1.88. The van der Waals surface area contributed by atoms with Crippen molar-refractivity contribution in [3.63, 3.8) is 0 Å². The van der Waals surface area contributed by atoms with Crippen LogP contribution in [0.15, 0.2) is 36.5 Å². The molecule has 0 aromatic heterocycles. The van der Waals surface area contributed by atoms with Crippen LogP contribution in [0.3, 0.4) is 0 Å². The fourth-order valence-corrected chi connectivity index (χ4v) is 8.62. The van der Waals surface area contributed by atoms with Gasteiger partial charge >= 0.3 is 11.9 Å². The first-order valence-corrected chi connectivity index (χ1v) is 28.5. The minimum atomic E-state index is -0.778. The molecule has 5 heteroatoms. The molecule has 1 atom stereocenters. The molecule has 0 aromatic rings. The highest BCUT2D eigenvalue weighted by Gasteiger charge is 2.16. The van der Waals surface area contributed by atoms with Gasteiger partial charge in [-0.2, -0.15) is 0 Å². The second kappa shape index (κ2) is 55.4. The van der Waals surface area contributed by atoms with E-state index in [0.29, 0.717) is 12.8 Å². The van der Waals surface area contributed by atoms with E-state index in [0.717, 1.165) is 57.8 Å². The van der Waals surface area contributed by atoms with E-state index >= 15 is 0 Å². The molecule has 0 saturated carbocycles. The number of allylic oxidation sites excluding steroid dienone is 6. The van der Waals surface area contributed by atoms with E-state index in [-0.39, 0.29) is 25.2 Å². The van der Waals surface area contributed by atoms with Crippen molar-refractivity contribution in [3.05, 3.63) is 36.5 Å². The molecule has 0 fully saturated rings. The predicted molar refractivity (Wildman–Crippen MR) is 279 cm³/mol. The van der Waals surface area contributed by atoms with E-state index in [2.05, 4.69) is 50.3 Å². The van der Waals surface area contributed by atoms with Crippen LogP contribution in [0.2, 0.25) is 0 Å². The molecule has 64 heavy (non-hydrogen) atoms. The third kappa shape index (κ3) is 52.7. The third-order valence-corrected chi connectivity index (χ3v) is 12.9. The van der Waals surface area contributed by atoms with E-state index in [4.69, 9.17) is 9.47 Å². The Bertz CT molecular complexity index is 1020. The highest BCUT2D eigenvalue weighted by Crippen LogP contribution is 2.17. The van der Waals surface area contributed by atoms with Crippen LogP contribution < -0.4 is 0 Å². The second-order valence-electron chi connectivity index (χ2n) is 19.4. The fraction of sp³-hybridized carbons (Fsp3) is 0.864. The van der Waals surface area contributed by atoms with Gasteiger partial charge in [0, 0.05) is 12.8 Å². The van der Waals surface area contributed by atoms with Gasteiger partial charge in [0.25, 0.3) is 0 Å². The number of carbonyl (C=O) groups is 2. The van der Waals surface area contributed by atoms with Crippen LogP contribution in [0, 0.1) is 0 Å². The topological polar surface area (TPSA) is 72.8 Å². The van der Waals surface area contributed by atoms with Crippen LogP contribution in [-0.4, -0.2) is 36.4 Å². The summed E-state index contributed by atoms with van der Waals surface area (Å²) in [5.41, 5.74) is 0. The van der Waals surface area contributed by atoms with Gasteiger partial charge < -0.3 is 14.6 Å². The molecule has 1 unspecified atom stereocenters. The summed E-state index contributed by atoms with van der Waals surface area (Å²) in [5.74, 6) is -0.590. The lowest BCUT2D eigenvalue weighted by atomic mass is 10.0. The van der Waals surface area contributed by atoms with Gasteiger partial charge in [0.15, 0.2) is 6.10 Å². The summed E-state index contributed by atoms with van der Waals surface area (Å²) in [4.78, 5) is 24.5. The maximum atomic E-state index is 12.3.